The molecule has 2 N–H and O–H groups in total. The molecule has 3 aromatic rings. The lowest BCUT2D eigenvalue weighted by atomic mass is 9.97. The smallest absolute Gasteiger partial charge is 0.191 e. The van der Waals surface area contributed by atoms with Crippen LogP contribution in [0, 0.1) is 5.92 Å². The first-order valence-corrected chi connectivity index (χ1v) is 11.7. The highest BCUT2D eigenvalue weighted by Gasteiger charge is 2.25. The number of piperidine rings is 1. The number of hydrogen-bond donors (Lipinski definition) is 2. The molecule has 0 bridgehead atoms. The first kappa shape index (κ1) is 23.9. The molecule has 4 heterocycles. The molecule has 0 saturated carbocycles. The Morgan fingerprint density at radius 3 is 2.77 bits per heavy atom. The highest BCUT2D eigenvalue weighted by Crippen LogP contribution is 2.29. The van der Waals surface area contributed by atoms with E-state index in [1.54, 1.807) is 0 Å². The van der Waals surface area contributed by atoms with E-state index < -0.39 is 0 Å². The van der Waals surface area contributed by atoms with Crippen LogP contribution in [0.2, 0.25) is 0 Å². The second kappa shape index (κ2) is 11.8. The van der Waals surface area contributed by atoms with Crippen LogP contribution >= 0.6 is 35.3 Å². The SMILES string of the molecule is CCNC(=NCc1nnc2ccccn12)NCC(c1cccs1)N1CCC(C)CC1.I. The fourth-order valence-corrected chi connectivity index (χ4v) is 4.78. The minimum atomic E-state index is 0. The van der Waals surface area contributed by atoms with Gasteiger partial charge in [0.25, 0.3) is 0 Å². The van der Waals surface area contributed by atoms with Crippen molar-refractivity contribution in [2.24, 2.45) is 10.9 Å². The number of aromatic nitrogens is 3. The van der Waals surface area contributed by atoms with Crippen molar-refractivity contribution in [1.82, 2.24) is 30.1 Å². The Hall–Kier alpha value is -1.72. The van der Waals surface area contributed by atoms with Gasteiger partial charge in [-0.2, -0.15) is 0 Å². The van der Waals surface area contributed by atoms with Crippen LogP contribution in [-0.4, -0.2) is 51.6 Å². The molecular weight excluding hydrogens is 521 g/mol. The summed E-state index contributed by atoms with van der Waals surface area (Å²) in [5.41, 5.74) is 0.845. The third-order valence-electron chi connectivity index (χ3n) is 5.70. The highest BCUT2D eigenvalue weighted by atomic mass is 127. The van der Waals surface area contributed by atoms with Crippen molar-refractivity contribution in [3.05, 3.63) is 52.6 Å². The van der Waals surface area contributed by atoms with Gasteiger partial charge in [0.2, 0.25) is 0 Å². The molecule has 7 nitrogen and oxygen atoms in total. The number of likely N-dealkylation sites (tertiary alicyclic amines) is 1. The average molecular weight is 554 g/mol. The number of hydrogen-bond acceptors (Lipinski definition) is 5. The molecular formula is C22H32IN7S. The Balaban J connectivity index is 0.00000272. The normalized spacial score (nSPS) is 16.8. The van der Waals surface area contributed by atoms with Gasteiger partial charge in [-0.15, -0.1) is 45.5 Å². The maximum absolute atomic E-state index is 4.77. The predicted octanol–water partition coefficient (Wildman–Crippen LogP) is 3.94. The van der Waals surface area contributed by atoms with Crippen LogP contribution in [0.25, 0.3) is 5.65 Å². The largest absolute Gasteiger partial charge is 0.357 e. The molecule has 9 heteroatoms. The van der Waals surface area contributed by atoms with Gasteiger partial charge in [0.15, 0.2) is 17.4 Å². The van der Waals surface area contributed by atoms with Crippen molar-refractivity contribution in [1.29, 1.82) is 0 Å². The van der Waals surface area contributed by atoms with Crippen LogP contribution in [0.5, 0.6) is 0 Å². The summed E-state index contributed by atoms with van der Waals surface area (Å²) in [7, 11) is 0. The van der Waals surface area contributed by atoms with Crippen LogP contribution in [-0.2, 0) is 6.54 Å². The van der Waals surface area contributed by atoms with E-state index >= 15 is 0 Å². The molecule has 0 aromatic carbocycles. The molecule has 1 saturated heterocycles. The van der Waals surface area contributed by atoms with E-state index in [-0.39, 0.29) is 24.0 Å². The van der Waals surface area contributed by atoms with Gasteiger partial charge in [-0.1, -0.05) is 19.1 Å². The second-order valence-electron chi connectivity index (χ2n) is 7.87. The minimum Gasteiger partial charge on any atom is -0.357 e. The summed E-state index contributed by atoms with van der Waals surface area (Å²) in [6, 6.07) is 10.7. The lowest BCUT2D eigenvalue weighted by molar-refractivity contribution is 0.140. The average Bonchev–Trinajstić information content (AvgIpc) is 3.44. The molecule has 31 heavy (non-hydrogen) atoms. The monoisotopic (exact) mass is 553 g/mol. The van der Waals surface area contributed by atoms with E-state index in [0.717, 1.165) is 49.5 Å². The fourth-order valence-electron chi connectivity index (χ4n) is 3.91. The molecule has 0 amide bonds. The van der Waals surface area contributed by atoms with E-state index in [9.17, 15) is 0 Å². The van der Waals surface area contributed by atoms with Gasteiger partial charge in [0.05, 0.1) is 6.04 Å². The third-order valence-corrected chi connectivity index (χ3v) is 6.67. The lowest BCUT2D eigenvalue weighted by Crippen LogP contribution is -2.45. The maximum atomic E-state index is 4.77. The quantitative estimate of drug-likeness (QED) is 0.264. The van der Waals surface area contributed by atoms with Crippen molar-refractivity contribution in [2.45, 2.75) is 39.3 Å². The van der Waals surface area contributed by atoms with Gasteiger partial charge in [-0.25, -0.2) is 4.99 Å². The van der Waals surface area contributed by atoms with Crippen molar-refractivity contribution in [3.8, 4) is 0 Å². The molecule has 0 spiro atoms. The number of guanidine groups is 1. The van der Waals surface area contributed by atoms with E-state index in [2.05, 4.69) is 57.1 Å². The number of fused-ring (bicyclic) bond motifs is 1. The standard InChI is InChI=1S/C22H31N7S.HI/c1-3-23-22(25-16-21-27-26-20-8-4-5-11-29(20)21)24-15-18(19-7-6-14-30-19)28-12-9-17(2)10-13-28;/h4-8,11,14,17-18H,3,9-10,12-13,15-16H2,1-2H3,(H2,23,24,25);1H. The summed E-state index contributed by atoms with van der Waals surface area (Å²) in [6.45, 7) is 8.89. The minimum absolute atomic E-state index is 0. The van der Waals surface area contributed by atoms with Gasteiger partial charge in [-0.05, 0) is 62.4 Å². The number of halogens is 1. The van der Waals surface area contributed by atoms with Crippen molar-refractivity contribution in [2.75, 3.05) is 26.2 Å². The van der Waals surface area contributed by atoms with Crippen LogP contribution in [0.3, 0.4) is 0 Å². The summed E-state index contributed by atoms with van der Waals surface area (Å²) >= 11 is 1.84. The lowest BCUT2D eigenvalue weighted by Gasteiger charge is -2.36. The molecule has 1 aliphatic heterocycles. The van der Waals surface area contributed by atoms with E-state index in [0.29, 0.717) is 12.6 Å². The van der Waals surface area contributed by atoms with E-state index in [1.165, 1.54) is 17.7 Å². The van der Waals surface area contributed by atoms with E-state index in [1.807, 2.05) is 40.1 Å². The zero-order valence-corrected chi connectivity index (χ0v) is 21.3. The molecule has 3 aromatic heterocycles. The number of aliphatic imine (C=N–C) groups is 1. The Morgan fingerprint density at radius 2 is 2.03 bits per heavy atom. The summed E-state index contributed by atoms with van der Waals surface area (Å²) in [6.07, 6.45) is 4.52. The Morgan fingerprint density at radius 1 is 1.19 bits per heavy atom. The Labute approximate surface area is 205 Å². The van der Waals surface area contributed by atoms with E-state index in [4.69, 9.17) is 4.99 Å². The number of nitrogens with one attached hydrogen (secondary N) is 2. The Bertz CT molecular complexity index is 948. The van der Waals surface area contributed by atoms with Gasteiger partial charge in [0, 0.05) is 24.2 Å². The molecule has 1 atom stereocenters. The maximum Gasteiger partial charge on any atom is 0.191 e. The number of rotatable bonds is 7. The third kappa shape index (κ3) is 6.17. The second-order valence-corrected chi connectivity index (χ2v) is 8.85. The number of pyridine rings is 1. The van der Waals surface area contributed by atoms with Crippen molar-refractivity contribution < 1.29 is 0 Å². The summed E-state index contributed by atoms with van der Waals surface area (Å²) in [5.74, 6) is 2.48. The highest BCUT2D eigenvalue weighted by molar-refractivity contribution is 14.0. The Kier molecular flexibility index (Phi) is 9.09. The zero-order chi connectivity index (χ0) is 20.8. The zero-order valence-electron chi connectivity index (χ0n) is 18.2. The van der Waals surface area contributed by atoms with Crippen LogP contribution in [0.1, 0.15) is 43.4 Å². The van der Waals surface area contributed by atoms with Crippen LogP contribution in [0.15, 0.2) is 46.9 Å². The first-order valence-electron chi connectivity index (χ1n) is 10.8. The number of nitrogens with zero attached hydrogens (tertiary/aromatic N) is 5. The van der Waals surface area contributed by atoms with Crippen LogP contribution in [0.4, 0.5) is 0 Å². The number of thiophene rings is 1. The molecule has 168 valence electrons. The van der Waals surface area contributed by atoms with Gasteiger partial charge in [0.1, 0.15) is 6.54 Å². The molecule has 1 aliphatic rings. The van der Waals surface area contributed by atoms with Crippen LogP contribution < -0.4 is 10.6 Å². The predicted molar refractivity (Wildman–Crippen MR) is 138 cm³/mol. The fraction of sp³-hybridized carbons (Fsp3) is 0.500. The summed E-state index contributed by atoms with van der Waals surface area (Å²) in [5, 5.41) is 17.6. The summed E-state index contributed by atoms with van der Waals surface area (Å²) in [4.78, 5) is 8.81. The first-order chi connectivity index (χ1) is 14.7. The van der Waals surface area contributed by atoms with Gasteiger partial charge < -0.3 is 10.6 Å². The van der Waals surface area contributed by atoms with Crippen molar-refractivity contribution in [3.63, 3.8) is 0 Å². The topological polar surface area (TPSA) is 69.8 Å². The molecule has 1 fully saturated rings. The molecule has 4 rings (SSSR count). The molecule has 1 unspecified atom stereocenters. The summed E-state index contributed by atoms with van der Waals surface area (Å²) < 4.78 is 1.98. The molecule has 0 aliphatic carbocycles. The molecule has 0 radical (unpaired) electrons. The van der Waals surface area contributed by atoms with Crippen molar-refractivity contribution >= 4 is 46.9 Å². The van der Waals surface area contributed by atoms with Gasteiger partial charge >= 0.3 is 0 Å². The van der Waals surface area contributed by atoms with Gasteiger partial charge in [-0.3, -0.25) is 9.30 Å².